The van der Waals surface area contributed by atoms with E-state index < -0.39 is 11.8 Å². The zero-order valence-electron chi connectivity index (χ0n) is 11.5. The monoisotopic (exact) mass is 260 g/mol. The van der Waals surface area contributed by atoms with Gasteiger partial charge in [-0.1, -0.05) is 13.3 Å². The Bertz CT molecular complexity index is 238. The first-order chi connectivity index (χ1) is 8.67. The molecule has 0 spiro atoms. The van der Waals surface area contributed by atoms with Gasteiger partial charge < -0.3 is 19.7 Å². The van der Waals surface area contributed by atoms with E-state index in [1.165, 1.54) is 4.90 Å². The molecule has 0 saturated carbocycles. The Kier molecular flexibility index (Phi) is 10.3. The number of rotatable bonds is 9. The van der Waals surface area contributed by atoms with E-state index >= 15 is 0 Å². The highest BCUT2D eigenvalue weighted by atomic mass is 16.5. The van der Waals surface area contributed by atoms with Gasteiger partial charge in [0.1, 0.15) is 0 Å². The Balaban J connectivity index is 4.19. The summed E-state index contributed by atoms with van der Waals surface area (Å²) in [5, 5.41) is 2.60. The van der Waals surface area contributed by atoms with Crippen molar-refractivity contribution in [3.8, 4) is 0 Å². The smallest absolute Gasteiger partial charge is 0.312 e. The Hall–Kier alpha value is -1.14. The van der Waals surface area contributed by atoms with Gasteiger partial charge in [-0.05, 0) is 6.42 Å². The molecule has 2 amide bonds. The van der Waals surface area contributed by atoms with Gasteiger partial charge in [0.25, 0.3) is 0 Å². The first kappa shape index (κ1) is 16.9. The van der Waals surface area contributed by atoms with Crippen molar-refractivity contribution in [3.05, 3.63) is 0 Å². The molecule has 0 bridgehead atoms. The van der Waals surface area contributed by atoms with Gasteiger partial charge in [0, 0.05) is 33.9 Å². The molecule has 0 unspecified atom stereocenters. The molecule has 0 saturated heterocycles. The van der Waals surface area contributed by atoms with Gasteiger partial charge >= 0.3 is 11.8 Å². The lowest BCUT2D eigenvalue weighted by molar-refractivity contribution is -0.146. The van der Waals surface area contributed by atoms with Crippen LogP contribution in [0, 0.1) is 0 Å². The molecule has 0 aromatic rings. The molecule has 1 N–H and O–H groups in total. The third-order valence-corrected chi connectivity index (χ3v) is 2.43. The fraction of sp³-hybridized carbons (Fsp3) is 0.833. The Morgan fingerprint density at radius 3 is 2.11 bits per heavy atom. The highest BCUT2D eigenvalue weighted by Crippen LogP contribution is 1.92. The van der Waals surface area contributed by atoms with Crippen molar-refractivity contribution in [1.29, 1.82) is 0 Å². The normalized spacial score (nSPS) is 10.2. The minimum Gasteiger partial charge on any atom is -0.383 e. The van der Waals surface area contributed by atoms with Crippen LogP contribution in [0.25, 0.3) is 0 Å². The molecule has 0 rings (SSSR count). The van der Waals surface area contributed by atoms with Crippen molar-refractivity contribution in [2.75, 3.05) is 47.1 Å². The van der Waals surface area contributed by atoms with Crippen molar-refractivity contribution in [2.24, 2.45) is 0 Å². The predicted octanol–water partition coefficient (Wildman–Crippen LogP) is 0.0241. The van der Waals surface area contributed by atoms with E-state index in [-0.39, 0.29) is 0 Å². The molecule has 6 nitrogen and oxygen atoms in total. The minimum absolute atomic E-state index is 0.389. The van der Waals surface area contributed by atoms with Gasteiger partial charge in [0.05, 0.1) is 13.2 Å². The first-order valence-electron chi connectivity index (χ1n) is 6.22. The number of carbonyl (C=O) groups is 2. The molecule has 18 heavy (non-hydrogen) atoms. The highest BCUT2D eigenvalue weighted by molar-refractivity contribution is 6.35. The van der Waals surface area contributed by atoms with Crippen LogP contribution in [-0.2, 0) is 19.1 Å². The molecule has 0 aliphatic carbocycles. The molecule has 0 aromatic carbocycles. The maximum atomic E-state index is 11.9. The Labute approximate surface area is 109 Å². The maximum absolute atomic E-state index is 11.9. The number of ether oxygens (including phenoxy) is 2. The summed E-state index contributed by atoms with van der Waals surface area (Å²) in [5.41, 5.74) is 0. The molecule has 0 heterocycles. The van der Waals surface area contributed by atoms with Crippen LogP contribution in [0.3, 0.4) is 0 Å². The quantitative estimate of drug-likeness (QED) is 0.469. The number of hydrogen-bond donors (Lipinski definition) is 1. The van der Waals surface area contributed by atoms with E-state index in [4.69, 9.17) is 9.47 Å². The minimum atomic E-state index is -0.560. The van der Waals surface area contributed by atoms with Crippen molar-refractivity contribution < 1.29 is 19.1 Å². The summed E-state index contributed by atoms with van der Waals surface area (Å²) in [6, 6.07) is 0. The average Bonchev–Trinajstić information content (AvgIpc) is 2.38. The van der Waals surface area contributed by atoms with Crippen LogP contribution in [0.1, 0.15) is 19.8 Å². The van der Waals surface area contributed by atoms with Crippen LogP contribution in [0.4, 0.5) is 0 Å². The molecule has 0 fully saturated rings. The van der Waals surface area contributed by atoms with Crippen LogP contribution in [0.5, 0.6) is 0 Å². The molecule has 0 aliphatic rings. The number of hydrogen-bond acceptors (Lipinski definition) is 4. The molecule has 0 radical (unpaired) electrons. The van der Waals surface area contributed by atoms with Gasteiger partial charge in [-0.3, -0.25) is 9.59 Å². The molecular formula is C12H24N2O4. The first-order valence-corrected chi connectivity index (χ1v) is 6.22. The van der Waals surface area contributed by atoms with Gasteiger partial charge in [-0.25, -0.2) is 0 Å². The summed E-state index contributed by atoms with van der Waals surface area (Å²) >= 11 is 0. The Morgan fingerprint density at radius 1 is 1.11 bits per heavy atom. The third kappa shape index (κ3) is 7.24. The maximum Gasteiger partial charge on any atom is 0.312 e. The summed E-state index contributed by atoms with van der Waals surface area (Å²) in [6.45, 7) is 4.14. The molecule has 0 aromatic heterocycles. The molecule has 0 aliphatic heterocycles. The van der Waals surface area contributed by atoms with Crippen molar-refractivity contribution in [3.63, 3.8) is 0 Å². The zero-order valence-corrected chi connectivity index (χ0v) is 11.5. The van der Waals surface area contributed by atoms with Crippen molar-refractivity contribution in [1.82, 2.24) is 10.2 Å². The summed E-state index contributed by atoms with van der Waals surface area (Å²) < 4.78 is 9.83. The number of nitrogens with one attached hydrogen (secondary N) is 1. The highest BCUT2D eigenvalue weighted by Gasteiger charge is 2.20. The standard InChI is InChI=1S/C12H24N2O4/c1-4-5-6-13-11(15)12(16)14(7-9-17-2)8-10-18-3/h4-10H2,1-3H3,(H,13,15). The van der Waals surface area contributed by atoms with E-state index in [0.29, 0.717) is 32.8 Å². The number of amides is 2. The van der Waals surface area contributed by atoms with E-state index in [1.807, 2.05) is 6.92 Å². The lowest BCUT2D eigenvalue weighted by atomic mass is 10.3. The van der Waals surface area contributed by atoms with Gasteiger partial charge in [-0.15, -0.1) is 0 Å². The lowest BCUT2D eigenvalue weighted by Crippen LogP contribution is -2.45. The second-order valence-electron chi connectivity index (χ2n) is 3.89. The van der Waals surface area contributed by atoms with Crippen molar-refractivity contribution in [2.45, 2.75) is 19.8 Å². The molecule has 6 heteroatoms. The molecular weight excluding hydrogens is 236 g/mol. The SMILES string of the molecule is CCCCNC(=O)C(=O)N(CCOC)CCOC. The zero-order chi connectivity index (χ0) is 13.8. The summed E-state index contributed by atoms with van der Waals surface area (Å²) in [7, 11) is 3.11. The predicted molar refractivity (Wildman–Crippen MR) is 68.2 cm³/mol. The lowest BCUT2D eigenvalue weighted by Gasteiger charge is -2.21. The van der Waals surface area contributed by atoms with Crippen LogP contribution < -0.4 is 5.32 Å². The topological polar surface area (TPSA) is 67.9 Å². The second-order valence-corrected chi connectivity index (χ2v) is 3.89. The second kappa shape index (κ2) is 11.0. The number of carbonyl (C=O) groups excluding carboxylic acids is 2. The summed E-state index contributed by atoms with van der Waals surface area (Å²) in [4.78, 5) is 24.9. The molecule has 106 valence electrons. The van der Waals surface area contributed by atoms with Crippen LogP contribution in [0.2, 0.25) is 0 Å². The summed E-state index contributed by atoms with van der Waals surface area (Å²) in [6.07, 6.45) is 1.85. The van der Waals surface area contributed by atoms with E-state index in [2.05, 4.69) is 5.32 Å². The van der Waals surface area contributed by atoms with Crippen LogP contribution in [0.15, 0.2) is 0 Å². The van der Waals surface area contributed by atoms with E-state index in [1.54, 1.807) is 14.2 Å². The van der Waals surface area contributed by atoms with Crippen molar-refractivity contribution >= 4 is 11.8 Å². The van der Waals surface area contributed by atoms with Crippen LogP contribution >= 0.6 is 0 Å². The number of nitrogens with zero attached hydrogens (tertiary/aromatic N) is 1. The van der Waals surface area contributed by atoms with Gasteiger partial charge in [0.2, 0.25) is 0 Å². The van der Waals surface area contributed by atoms with Crippen LogP contribution in [-0.4, -0.2) is 63.8 Å². The van der Waals surface area contributed by atoms with Gasteiger partial charge in [0.15, 0.2) is 0 Å². The molecule has 0 atom stereocenters. The largest absolute Gasteiger partial charge is 0.383 e. The van der Waals surface area contributed by atoms with E-state index in [9.17, 15) is 9.59 Å². The summed E-state index contributed by atoms with van der Waals surface area (Å²) in [5.74, 6) is -1.09. The van der Waals surface area contributed by atoms with E-state index in [0.717, 1.165) is 12.8 Å². The number of unbranched alkanes of at least 4 members (excludes halogenated alkanes) is 1. The fourth-order valence-corrected chi connectivity index (χ4v) is 1.32. The van der Waals surface area contributed by atoms with Gasteiger partial charge in [-0.2, -0.15) is 0 Å². The average molecular weight is 260 g/mol. The fourth-order valence-electron chi connectivity index (χ4n) is 1.32. The third-order valence-electron chi connectivity index (χ3n) is 2.43. The number of methoxy groups -OCH3 is 2. The Morgan fingerprint density at radius 2 is 1.67 bits per heavy atom.